The lowest BCUT2D eigenvalue weighted by Gasteiger charge is -2.38. The fourth-order valence-corrected chi connectivity index (χ4v) is 15.7. The van der Waals surface area contributed by atoms with Gasteiger partial charge in [0.2, 0.25) is 41.2 Å². The van der Waals surface area contributed by atoms with Crippen LogP contribution in [0, 0.1) is 30.6 Å². The number of aryl methyl sites for hydroxylation is 2. The van der Waals surface area contributed by atoms with E-state index in [4.69, 9.17) is 20.6 Å². The summed E-state index contributed by atoms with van der Waals surface area (Å²) in [6.07, 6.45) is 10.3. The van der Waals surface area contributed by atoms with Crippen molar-refractivity contribution in [3.63, 3.8) is 0 Å². The monoisotopic (exact) mass is 1450 g/mol. The zero-order valence-electron chi connectivity index (χ0n) is 61.2. The Hall–Kier alpha value is -8.56. The lowest BCUT2D eigenvalue weighted by molar-refractivity contribution is -0.165. The number of thioether (sulfide) groups is 2. The van der Waals surface area contributed by atoms with Crippen LogP contribution in [0.15, 0.2) is 113 Å². The van der Waals surface area contributed by atoms with Gasteiger partial charge in [-0.2, -0.15) is 33.8 Å². The van der Waals surface area contributed by atoms with Gasteiger partial charge in [0.25, 0.3) is 5.91 Å². The largest absolute Gasteiger partial charge is 0.496 e. The first-order valence-electron chi connectivity index (χ1n) is 36.1. The van der Waals surface area contributed by atoms with Gasteiger partial charge in [0, 0.05) is 90.2 Å². The van der Waals surface area contributed by atoms with Crippen LogP contribution in [0.2, 0.25) is 0 Å². The van der Waals surface area contributed by atoms with E-state index >= 15 is 14.4 Å². The highest BCUT2D eigenvalue weighted by molar-refractivity contribution is 8.00. The highest BCUT2D eigenvalue weighted by atomic mass is 32.2. The van der Waals surface area contributed by atoms with Gasteiger partial charge >= 0.3 is 11.9 Å². The van der Waals surface area contributed by atoms with E-state index in [1.165, 1.54) is 40.5 Å². The van der Waals surface area contributed by atoms with Gasteiger partial charge in [-0.25, -0.2) is 4.79 Å². The Balaban J connectivity index is 1.09. The molecule has 0 aliphatic carbocycles. The summed E-state index contributed by atoms with van der Waals surface area (Å²) < 4.78 is 18.0. The van der Waals surface area contributed by atoms with E-state index in [-0.39, 0.29) is 80.9 Å². The van der Waals surface area contributed by atoms with Crippen LogP contribution < -0.4 is 15.4 Å². The van der Waals surface area contributed by atoms with E-state index in [0.717, 1.165) is 47.5 Å². The highest BCUT2D eigenvalue weighted by Crippen LogP contribution is 2.38. The fraction of sp³-hybridized carbons (Fsp3) is 0.544. The number of ether oxygens (including phenoxy) is 3. The Morgan fingerprint density at radius 1 is 0.699 bits per heavy atom. The molecule has 4 aliphatic heterocycles. The molecule has 22 nitrogen and oxygen atoms in total. The molecule has 24 heteroatoms. The number of nitrogens with zero attached hydrogens (tertiary/aromatic N) is 7. The molecule has 0 radical (unpaired) electrons. The van der Waals surface area contributed by atoms with E-state index < -0.39 is 101 Å². The summed E-state index contributed by atoms with van der Waals surface area (Å²) in [6.45, 7) is 8.98. The number of cyclic esters (lactones) is 2. The maximum atomic E-state index is 15.4. The van der Waals surface area contributed by atoms with Crippen LogP contribution in [0.1, 0.15) is 164 Å². The lowest BCUT2D eigenvalue weighted by Crippen LogP contribution is -2.58. The predicted octanol–water partition coefficient (Wildman–Crippen LogP) is 10.7. The SMILES string of the molecule is C#CCCC1(CCSCCCSC2CCN(C)C(=O)[C@H](CC(C)C)N(C)C(=O)[C@@H]3CCCN3C(=O)[C@H](Cc3ccccc3)N(C)C(=O)[C@H](c3ccccc3)NC(=O)CCC(=O)Nc3cccc(c3)[C@@H](CCc3ccc(C)c(OC)c3)OC(=O)C3CCCCN3C(=O)C(=O)C(C)(C)COC(=O)C2)N=N1. The van der Waals surface area contributed by atoms with Crippen molar-refractivity contribution in [2.45, 2.75) is 191 Å². The molecule has 554 valence electrons. The number of amides is 7. The summed E-state index contributed by atoms with van der Waals surface area (Å²) in [5.74, 6) is -0.429. The van der Waals surface area contributed by atoms with Crippen molar-refractivity contribution in [2.75, 3.05) is 77.1 Å². The molecule has 0 spiro atoms. The normalized spacial score (nSPS) is 23.3. The highest BCUT2D eigenvalue weighted by Gasteiger charge is 2.46. The molecule has 2 saturated heterocycles. The van der Waals surface area contributed by atoms with Gasteiger partial charge < -0.3 is 49.3 Å². The Labute approximate surface area is 615 Å². The first kappa shape index (κ1) is 80.1. The van der Waals surface area contributed by atoms with Crippen LogP contribution in [-0.2, 0) is 70.3 Å². The van der Waals surface area contributed by atoms with Crippen molar-refractivity contribution in [1.29, 1.82) is 0 Å². The summed E-state index contributed by atoms with van der Waals surface area (Å²) in [6, 6.07) is 24.9. The van der Waals surface area contributed by atoms with Gasteiger partial charge in [0.1, 0.15) is 48.7 Å². The first-order chi connectivity index (χ1) is 49.3. The van der Waals surface area contributed by atoms with E-state index in [9.17, 15) is 33.6 Å². The van der Waals surface area contributed by atoms with Gasteiger partial charge in [0.15, 0.2) is 5.66 Å². The third kappa shape index (κ3) is 22.7. The molecule has 2 fully saturated rings. The molecule has 103 heavy (non-hydrogen) atoms. The zero-order chi connectivity index (χ0) is 74.4. The Bertz CT molecular complexity index is 3690. The number of ketones is 1. The van der Waals surface area contributed by atoms with Crippen molar-refractivity contribution >= 4 is 88.3 Å². The molecule has 4 aromatic rings. The second kappa shape index (κ2) is 38.3. The minimum absolute atomic E-state index is 0.0441. The number of nitrogens with one attached hydrogen (secondary N) is 2. The summed E-state index contributed by atoms with van der Waals surface area (Å²) in [7, 11) is 6.35. The Kier molecular flexibility index (Phi) is 29.8. The van der Waals surface area contributed by atoms with E-state index in [0.29, 0.717) is 79.7 Å². The van der Waals surface area contributed by atoms with Gasteiger partial charge in [-0.3, -0.25) is 43.2 Å². The van der Waals surface area contributed by atoms with Crippen molar-refractivity contribution in [3.8, 4) is 18.1 Å². The van der Waals surface area contributed by atoms with Gasteiger partial charge in [-0.05, 0) is 154 Å². The molecule has 0 aromatic heterocycles. The topological polar surface area (TPSA) is 263 Å². The number of hydrogen-bond acceptors (Lipinski definition) is 17. The second-order valence-electron chi connectivity index (χ2n) is 28.5. The van der Waals surface area contributed by atoms with E-state index in [1.807, 2.05) is 69.3 Å². The van der Waals surface area contributed by atoms with Crippen LogP contribution >= 0.6 is 23.5 Å². The van der Waals surface area contributed by atoms with Crippen LogP contribution in [0.4, 0.5) is 5.69 Å². The quantitative estimate of drug-likeness (QED) is 0.0383. The third-order valence-corrected chi connectivity index (χ3v) is 22.2. The van der Waals surface area contributed by atoms with Crippen molar-refractivity contribution in [2.24, 2.45) is 21.6 Å². The van der Waals surface area contributed by atoms with Crippen LogP contribution in [0.3, 0.4) is 0 Å². The molecule has 2 N–H and O–H groups in total. The molecular weight excluding hydrogens is 1350 g/mol. The van der Waals surface area contributed by atoms with E-state index in [2.05, 4.69) is 26.8 Å². The minimum atomic E-state index is -1.52. The molecule has 2 bridgehead atoms. The number of benzene rings is 4. The number of rotatable bonds is 19. The smallest absolute Gasteiger partial charge is 0.329 e. The maximum absolute atomic E-state index is 15.4. The average molecular weight is 1450 g/mol. The average Bonchev–Trinajstić information content (AvgIpc) is 1.80. The molecule has 7 atom stereocenters. The number of carbonyl (C=O) groups is 10. The molecule has 7 amide bonds. The third-order valence-electron chi connectivity index (χ3n) is 19.7. The first-order valence-corrected chi connectivity index (χ1v) is 38.3. The summed E-state index contributed by atoms with van der Waals surface area (Å²) in [5, 5.41) is 13.9. The minimum Gasteiger partial charge on any atom is -0.496 e. The number of Topliss-reactive ketones (excluding diaryl/α,β-unsaturated/α-hetero) is 1. The van der Waals surface area contributed by atoms with Crippen molar-refractivity contribution in [3.05, 3.63) is 131 Å². The molecule has 4 heterocycles. The van der Waals surface area contributed by atoms with Crippen molar-refractivity contribution in [1.82, 2.24) is 29.8 Å². The standard InChI is InChI=1S/C79H103N9O13S2/c1-11-12-39-79(82-83-79)40-46-102-44-23-45-103-60-38-43-84(7)72(93)63(47-53(2)3)85(8)73(94)61-31-22-42-87(61)74(95)64(48-55-24-15-13-16-25-55)86(9)75(96)70(57-26-17-14-18-27-57)81-68(90)37-36-67(89)80-59-29-21-28-58(50-59)65(35-34-56-33-32-54(4)66(49-56)99-10)101-77(98)62-30-19-20-41-88(62)76(97)71(92)78(5,6)52-100-69(91)51-60/h1,13-18,21,24-29,32-33,49-50,53,60-65,70H,12,19-20,22-23,30-31,34-48,51-52H2,2-10H3,(H,80,89)(H,81,90)/t60?,61-,62?,63-,64-,65+,70-/m0/s1. The van der Waals surface area contributed by atoms with Gasteiger partial charge in [-0.1, -0.05) is 98.8 Å². The molecular formula is C79H103N9O13S2. The van der Waals surface area contributed by atoms with Crippen molar-refractivity contribution < 1.29 is 62.2 Å². The summed E-state index contributed by atoms with van der Waals surface area (Å²) in [5.41, 5.74) is 1.95. The summed E-state index contributed by atoms with van der Waals surface area (Å²) in [4.78, 5) is 154. The molecule has 2 unspecified atom stereocenters. The predicted molar refractivity (Wildman–Crippen MR) is 398 cm³/mol. The number of esters is 2. The maximum Gasteiger partial charge on any atom is 0.329 e. The number of carbonyl (C=O) groups excluding carboxylic acids is 10. The molecule has 4 aromatic carbocycles. The molecule has 4 aliphatic rings. The number of likely N-dealkylation sites (N-methyl/N-ethyl adjacent to an activating group) is 3. The summed E-state index contributed by atoms with van der Waals surface area (Å²) >= 11 is 3.37. The molecule has 8 rings (SSSR count). The van der Waals surface area contributed by atoms with Crippen LogP contribution in [0.5, 0.6) is 5.75 Å². The van der Waals surface area contributed by atoms with Gasteiger partial charge in [0.05, 0.1) is 18.9 Å². The number of fused-ring (bicyclic) bond motifs is 4. The Morgan fingerprint density at radius 3 is 2.10 bits per heavy atom. The number of terminal acetylenes is 1. The number of hydrogen-bond donors (Lipinski definition) is 2. The van der Waals surface area contributed by atoms with Crippen LogP contribution in [0.25, 0.3) is 0 Å². The second-order valence-corrected chi connectivity index (χ2v) is 31.2. The molecule has 0 saturated carbocycles. The fourth-order valence-electron chi connectivity index (χ4n) is 13.4. The number of piperidine rings is 1. The Morgan fingerprint density at radius 2 is 1.39 bits per heavy atom. The lowest BCUT2D eigenvalue weighted by atomic mass is 9.87. The van der Waals surface area contributed by atoms with Crippen LogP contribution in [-0.4, -0.2) is 190 Å². The van der Waals surface area contributed by atoms with E-state index in [1.54, 1.807) is 104 Å². The number of anilines is 1. The van der Waals surface area contributed by atoms with Gasteiger partial charge in [-0.15, -0.1) is 12.3 Å². The number of methoxy groups -OCH3 is 1. The zero-order valence-corrected chi connectivity index (χ0v) is 62.9.